The van der Waals surface area contributed by atoms with Crippen molar-refractivity contribution in [3.63, 3.8) is 0 Å². The number of Topliss-reactive ketones (excluding diaryl/α,β-unsaturated/α-hetero) is 2. The molecule has 12 nitrogen and oxygen atoms in total. The second-order valence-corrected chi connectivity index (χ2v) is 10.6. The van der Waals surface area contributed by atoms with E-state index in [1.165, 1.54) is 6.07 Å². The standard InChI is InChI=1S/C29H34N2O10/c1-4-6-11-38-27-19-24(41-31-27)21(30-3)20-23(40-28(36)39-12-7-5-2)15-13-14-9-8-10-16(32)17(14)22(33)18(15)25(34)29(20,37)26(19)35/h8-10,15,20-21,23,30,32-33,37H,4-7,11-13H2,1-3H3/t15-,20-,21+,23+,29+/m1/s1. The first-order valence-corrected chi connectivity index (χ1v) is 13.9. The second-order valence-electron chi connectivity index (χ2n) is 10.6. The van der Waals surface area contributed by atoms with E-state index in [-0.39, 0.29) is 53.7 Å². The number of aromatic nitrogens is 1. The quantitative estimate of drug-likeness (QED) is 0.196. The van der Waals surface area contributed by atoms with Crippen molar-refractivity contribution in [3.05, 3.63) is 46.2 Å². The van der Waals surface area contributed by atoms with Gasteiger partial charge in [0.2, 0.25) is 11.6 Å². The van der Waals surface area contributed by atoms with Crippen LogP contribution in [0.4, 0.5) is 4.79 Å². The lowest BCUT2D eigenvalue weighted by Crippen LogP contribution is -2.68. The number of nitrogens with zero attached hydrogens (tertiary/aromatic N) is 1. The zero-order valence-electron chi connectivity index (χ0n) is 23.1. The minimum absolute atomic E-state index is 0.0149. The molecule has 1 aromatic heterocycles. The first-order chi connectivity index (χ1) is 19.7. The largest absolute Gasteiger partial charge is 0.508 e. The van der Waals surface area contributed by atoms with Crippen LogP contribution in [0.2, 0.25) is 0 Å². The molecule has 0 saturated heterocycles. The summed E-state index contributed by atoms with van der Waals surface area (Å²) in [6, 6.07) is 3.59. The van der Waals surface area contributed by atoms with Crippen molar-refractivity contribution in [3.8, 4) is 11.6 Å². The summed E-state index contributed by atoms with van der Waals surface area (Å²) in [5, 5.41) is 40.9. The van der Waals surface area contributed by atoms with Gasteiger partial charge in [-0.3, -0.25) is 9.59 Å². The molecule has 3 aliphatic carbocycles. The third-order valence-electron chi connectivity index (χ3n) is 8.15. The lowest BCUT2D eigenvalue weighted by atomic mass is 9.56. The first-order valence-electron chi connectivity index (χ1n) is 13.9. The van der Waals surface area contributed by atoms with Gasteiger partial charge in [0.1, 0.15) is 23.2 Å². The summed E-state index contributed by atoms with van der Waals surface area (Å²) in [5.74, 6) is -5.47. The average molecular weight is 571 g/mol. The summed E-state index contributed by atoms with van der Waals surface area (Å²) in [6.45, 7) is 4.20. The monoisotopic (exact) mass is 570 g/mol. The normalized spacial score (nSPS) is 26.5. The highest BCUT2D eigenvalue weighted by Crippen LogP contribution is 2.55. The van der Waals surface area contributed by atoms with E-state index in [4.69, 9.17) is 18.7 Å². The van der Waals surface area contributed by atoms with Gasteiger partial charge in [-0.05, 0) is 43.1 Å². The summed E-state index contributed by atoms with van der Waals surface area (Å²) >= 11 is 0. The Balaban J connectivity index is 1.67. The molecule has 4 N–H and O–H groups in total. The van der Waals surface area contributed by atoms with Crippen LogP contribution in [-0.4, -0.2) is 70.2 Å². The number of carbonyl (C=O) groups excluding carboxylic acids is 3. The minimum atomic E-state index is -2.80. The van der Waals surface area contributed by atoms with Gasteiger partial charge in [-0.25, -0.2) is 4.79 Å². The topological polar surface area (TPSA) is 178 Å². The number of nitrogens with one attached hydrogen (secondary N) is 1. The molecule has 5 rings (SSSR count). The van der Waals surface area contributed by atoms with Gasteiger partial charge in [0.05, 0.1) is 30.7 Å². The van der Waals surface area contributed by atoms with Crippen molar-refractivity contribution in [1.29, 1.82) is 0 Å². The number of phenolic OH excluding ortho intramolecular Hbond substituents is 1. The Morgan fingerprint density at radius 1 is 1.12 bits per heavy atom. The maximum absolute atomic E-state index is 14.2. The van der Waals surface area contributed by atoms with E-state index in [1.807, 2.05) is 13.8 Å². The predicted molar refractivity (Wildman–Crippen MR) is 142 cm³/mol. The molecule has 0 bridgehead atoms. The van der Waals surface area contributed by atoms with Gasteiger partial charge < -0.3 is 39.4 Å². The fourth-order valence-corrected chi connectivity index (χ4v) is 6.15. The average Bonchev–Trinajstić information content (AvgIpc) is 3.36. The maximum Gasteiger partial charge on any atom is 0.508 e. The number of fused-ring (bicyclic) bond motifs is 4. The van der Waals surface area contributed by atoms with Crippen LogP contribution in [0, 0.1) is 11.8 Å². The highest BCUT2D eigenvalue weighted by Gasteiger charge is 2.69. The molecule has 2 aromatic rings. The zero-order valence-corrected chi connectivity index (χ0v) is 23.1. The molecule has 220 valence electrons. The van der Waals surface area contributed by atoms with Crippen molar-refractivity contribution in [2.24, 2.45) is 11.8 Å². The Morgan fingerprint density at radius 2 is 1.85 bits per heavy atom. The van der Waals surface area contributed by atoms with E-state index < -0.39 is 53.1 Å². The van der Waals surface area contributed by atoms with Crippen LogP contribution in [-0.2, 0) is 20.7 Å². The van der Waals surface area contributed by atoms with Gasteiger partial charge in [0.25, 0.3) is 5.88 Å². The zero-order chi connectivity index (χ0) is 29.5. The molecule has 1 aromatic carbocycles. The van der Waals surface area contributed by atoms with E-state index in [9.17, 15) is 29.7 Å². The van der Waals surface area contributed by atoms with Crippen molar-refractivity contribution in [1.82, 2.24) is 10.5 Å². The Kier molecular flexibility index (Phi) is 7.80. The molecule has 12 heteroatoms. The van der Waals surface area contributed by atoms with Crippen LogP contribution in [0.15, 0.2) is 28.3 Å². The Labute approximate surface area is 236 Å². The molecule has 41 heavy (non-hydrogen) atoms. The molecule has 0 aliphatic heterocycles. The van der Waals surface area contributed by atoms with Gasteiger partial charge in [-0.15, -0.1) is 0 Å². The van der Waals surface area contributed by atoms with E-state index in [1.54, 1.807) is 19.2 Å². The van der Waals surface area contributed by atoms with Gasteiger partial charge >= 0.3 is 6.16 Å². The summed E-state index contributed by atoms with van der Waals surface area (Å²) in [4.78, 5) is 41.2. The SMILES string of the molecule is CCCCOC(=O)O[C@@H]1[C@H]2[C@H](NC)c3onc(OCCCC)c3C(=O)[C@@]2(O)C(=O)C2=C(O)c3c(O)cccc3C[C@H]21. The second kappa shape index (κ2) is 11.2. The number of aromatic hydroxyl groups is 1. The van der Waals surface area contributed by atoms with Crippen LogP contribution in [0.3, 0.4) is 0 Å². The van der Waals surface area contributed by atoms with Crippen LogP contribution >= 0.6 is 0 Å². The van der Waals surface area contributed by atoms with Crippen molar-refractivity contribution in [2.75, 3.05) is 20.3 Å². The van der Waals surface area contributed by atoms with Crippen LogP contribution in [0.5, 0.6) is 11.6 Å². The highest BCUT2D eigenvalue weighted by molar-refractivity contribution is 6.26. The molecule has 1 fully saturated rings. The summed E-state index contributed by atoms with van der Waals surface area (Å²) in [6.07, 6.45) is 0.525. The summed E-state index contributed by atoms with van der Waals surface area (Å²) < 4.78 is 22.2. The van der Waals surface area contributed by atoms with Crippen LogP contribution in [0.25, 0.3) is 5.76 Å². The number of ether oxygens (including phenoxy) is 3. The van der Waals surface area contributed by atoms with E-state index in [2.05, 4.69) is 10.5 Å². The third-order valence-corrected chi connectivity index (χ3v) is 8.15. The smallest absolute Gasteiger partial charge is 0.507 e. The van der Waals surface area contributed by atoms with Gasteiger partial charge in [0.15, 0.2) is 11.4 Å². The molecule has 0 amide bonds. The molecule has 0 unspecified atom stereocenters. The summed E-state index contributed by atoms with van der Waals surface area (Å²) in [5.41, 5.74) is -2.81. The number of phenols is 1. The van der Waals surface area contributed by atoms with Gasteiger partial charge in [0, 0.05) is 11.5 Å². The van der Waals surface area contributed by atoms with E-state index in [0.717, 1.165) is 12.8 Å². The fourth-order valence-electron chi connectivity index (χ4n) is 6.15. The highest BCUT2D eigenvalue weighted by atomic mass is 16.7. The first kappa shape index (κ1) is 28.6. The van der Waals surface area contributed by atoms with Crippen molar-refractivity contribution in [2.45, 2.75) is 63.7 Å². The Hall–Kier alpha value is -3.90. The molecule has 5 atom stereocenters. The number of benzene rings is 1. The van der Waals surface area contributed by atoms with Gasteiger partial charge in [-0.2, -0.15) is 0 Å². The molecular weight excluding hydrogens is 536 g/mol. The molecular formula is C29H34N2O10. The van der Waals surface area contributed by atoms with E-state index in [0.29, 0.717) is 18.4 Å². The maximum atomic E-state index is 14.2. The molecule has 0 spiro atoms. The number of rotatable bonds is 9. The fraction of sp³-hybridized carbons (Fsp3) is 0.517. The number of carbonyl (C=O) groups is 3. The lowest BCUT2D eigenvalue weighted by molar-refractivity contribution is -0.155. The van der Waals surface area contributed by atoms with Crippen LogP contribution in [0.1, 0.15) is 72.8 Å². The van der Waals surface area contributed by atoms with Crippen molar-refractivity contribution >= 4 is 23.5 Å². The third kappa shape index (κ3) is 4.45. The molecule has 1 heterocycles. The lowest BCUT2D eigenvalue weighted by Gasteiger charge is -2.51. The summed E-state index contributed by atoms with van der Waals surface area (Å²) in [7, 11) is 1.54. The van der Waals surface area contributed by atoms with Crippen LogP contribution < -0.4 is 10.1 Å². The number of ketones is 2. The number of aliphatic hydroxyl groups excluding tert-OH is 1. The molecule has 0 radical (unpaired) electrons. The van der Waals surface area contributed by atoms with Gasteiger partial charge in [-0.1, -0.05) is 38.8 Å². The molecule has 1 saturated carbocycles. The van der Waals surface area contributed by atoms with E-state index >= 15 is 0 Å². The predicted octanol–water partition coefficient (Wildman–Crippen LogP) is 3.41. The number of hydrogen-bond donors (Lipinski definition) is 4. The van der Waals surface area contributed by atoms with Crippen molar-refractivity contribution < 1.29 is 48.4 Å². The minimum Gasteiger partial charge on any atom is -0.507 e. The Bertz CT molecular complexity index is 1400. The molecule has 3 aliphatic rings. The number of hydrogen-bond acceptors (Lipinski definition) is 12. The number of aliphatic hydroxyl groups is 2. The number of unbranched alkanes of at least 4 members (excludes halogenated alkanes) is 2. The Morgan fingerprint density at radius 3 is 2.56 bits per heavy atom.